The number of amides is 1. The lowest BCUT2D eigenvalue weighted by molar-refractivity contribution is 0.0287. The van der Waals surface area contributed by atoms with Gasteiger partial charge >= 0.3 is 0 Å². The summed E-state index contributed by atoms with van der Waals surface area (Å²) in [4.78, 5) is 23.1. The highest BCUT2D eigenvalue weighted by molar-refractivity contribution is 5.91. The number of hydrogen-bond donors (Lipinski definition) is 2. The van der Waals surface area contributed by atoms with Crippen LogP contribution >= 0.6 is 0 Å². The third kappa shape index (κ3) is 6.37. The number of morpholine rings is 1. The van der Waals surface area contributed by atoms with Crippen LogP contribution in [0.4, 0.5) is 0 Å². The van der Waals surface area contributed by atoms with Crippen molar-refractivity contribution < 1.29 is 14.7 Å². The Labute approximate surface area is 196 Å². The summed E-state index contributed by atoms with van der Waals surface area (Å²) in [6.07, 6.45) is 1.71. The third-order valence-electron chi connectivity index (χ3n) is 6.61. The van der Waals surface area contributed by atoms with Crippen molar-refractivity contribution in [1.82, 2.24) is 25.2 Å². The Morgan fingerprint density at radius 2 is 1.67 bits per heavy atom. The number of rotatable bonds is 7. The van der Waals surface area contributed by atoms with E-state index in [1.54, 1.807) is 17.7 Å². The number of benzene rings is 1. The minimum Gasteiger partial charge on any atom is -0.379 e. The molecule has 178 valence electrons. The molecule has 2 saturated heterocycles. The number of nitrogens with zero attached hydrogens (tertiary/aromatic N) is 4. The van der Waals surface area contributed by atoms with Gasteiger partial charge in [0.25, 0.3) is 5.91 Å². The van der Waals surface area contributed by atoms with Gasteiger partial charge in [-0.2, -0.15) is 0 Å². The molecular weight excluding hydrogens is 418 g/mol. The molecule has 3 heterocycles. The molecule has 2 N–H and O–H groups in total. The minimum atomic E-state index is -0.591. The average molecular weight is 454 g/mol. The predicted molar refractivity (Wildman–Crippen MR) is 126 cm³/mol. The molecule has 8 heteroatoms. The van der Waals surface area contributed by atoms with E-state index >= 15 is 0 Å². The summed E-state index contributed by atoms with van der Waals surface area (Å²) in [5.74, 6) is -0.591. The highest BCUT2D eigenvalue weighted by Gasteiger charge is 2.29. The first-order valence-corrected chi connectivity index (χ1v) is 11.8. The van der Waals surface area contributed by atoms with Gasteiger partial charge in [-0.15, -0.1) is 0 Å². The molecule has 0 aliphatic carbocycles. The summed E-state index contributed by atoms with van der Waals surface area (Å²) >= 11 is 0. The van der Waals surface area contributed by atoms with Crippen molar-refractivity contribution in [3.8, 4) is 0 Å². The van der Waals surface area contributed by atoms with Crippen LogP contribution in [0.15, 0.2) is 42.6 Å². The number of carbonyl (C=O) groups is 1. The van der Waals surface area contributed by atoms with Crippen molar-refractivity contribution in [3.63, 3.8) is 0 Å². The maximum Gasteiger partial charge on any atom is 0.293 e. The number of aromatic nitrogens is 1. The van der Waals surface area contributed by atoms with Gasteiger partial charge in [0.1, 0.15) is 5.69 Å². The quantitative estimate of drug-likeness (QED) is 0.491. The Balaban J connectivity index is 1.32. The molecule has 2 atom stereocenters. The van der Waals surface area contributed by atoms with Gasteiger partial charge in [-0.25, -0.2) is 5.48 Å². The van der Waals surface area contributed by atoms with Crippen LogP contribution in [0.1, 0.15) is 41.0 Å². The zero-order chi connectivity index (χ0) is 23.2. The molecule has 2 fully saturated rings. The second-order valence-electron chi connectivity index (χ2n) is 9.27. The van der Waals surface area contributed by atoms with Gasteiger partial charge < -0.3 is 4.74 Å². The van der Waals surface area contributed by atoms with E-state index in [9.17, 15) is 4.79 Å². The number of hydrogen-bond acceptors (Lipinski definition) is 7. The van der Waals surface area contributed by atoms with E-state index in [2.05, 4.69) is 57.8 Å². The highest BCUT2D eigenvalue weighted by Crippen LogP contribution is 2.21. The number of pyridine rings is 1. The Kier molecular flexibility index (Phi) is 8.06. The van der Waals surface area contributed by atoms with Gasteiger partial charge in [-0.05, 0) is 36.6 Å². The number of piperazine rings is 1. The van der Waals surface area contributed by atoms with E-state index < -0.39 is 5.91 Å². The monoisotopic (exact) mass is 453 g/mol. The largest absolute Gasteiger partial charge is 0.379 e. The fourth-order valence-corrected chi connectivity index (χ4v) is 4.93. The molecule has 0 saturated carbocycles. The summed E-state index contributed by atoms with van der Waals surface area (Å²) < 4.78 is 5.47. The van der Waals surface area contributed by atoms with Crippen LogP contribution in [0.25, 0.3) is 0 Å². The molecule has 1 aromatic heterocycles. The second kappa shape index (κ2) is 11.2. The zero-order valence-corrected chi connectivity index (χ0v) is 19.6. The first-order valence-electron chi connectivity index (χ1n) is 11.8. The van der Waals surface area contributed by atoms with Gasteiger partial charge in [-0.1, -0.05) is 30.3 Å². The third-order valence-corrected chi connectivity index (χ3v) is 6.61. The second-order valence-corrected chi connectivity index (χ2v) is 9.27. The molecule has 0 spiro atoms. The van der Waals surface area contributed by atoms with E-state index in [1.807, 2.05) is 6.07 Å². The number of hydroxylamine groups is 1. The Morgan fingerprint density at radius 1 is 1.00 bits per heavy atom. The molecule has 1 aromatic carbocycles. The van der Waals surface area contributed by atoms with Crippen LogP contribution in [0.5, 0.6) is 0 Å². The van der Waals surface area contributed by atoms with Crippen LogP contribution in [-0.4, -0.2) is 82.3 Å². The predicted octanol–water partition coefficient (Wildman–Crippen LogP) is 2.13. The topological polar surface area (TPSA) is 81.2 Å². The first-order chi connectivity index (χ1) is 16.0. The van der Waals surface area contributed by atoms with E-state index in [0.29, 0.717) is 12.1 Å². The molecule has 2 aliphatic rings. The van der Waals surface area contributed by atoms with Crippen LogP contribution in [0.2, 0.25) is 0 Å². The molecule has 2 aromatic rings. The Bertz CT molecular complexity index is 905. The van der Waals surface area contributed by atoms with Gasteiger partial charge in [-0.3, -0.25) is 29.7 Å². The lowest BCUT2D eigenvalue weighted by Crippen LogP contribution is -2.55. The molecule has 0 bridgehead atoms. The Hall–Kier alpha value is -2.36. The molecule has 8 nitrogen and oxygen atoms in total. The van der Waals surface area contributed by atoms with Crippen LogP contribution in [0.3, 0.4) is 0 Å². The normalized spacial score (nSPS) is 22.9. The molecule has 2 aliphatic heterocycles. The summed E-state index contributed by atoms with van der Waals surface area (Å²) in [5, 5.41) is 8.74. The lowest BCUT2D eigenvalue weighted by atomic mass is 10.0. The standard InChI is InChI=1S/C25H35N5O3/c1-19-14-29(17-23-6-7-24(26-13-23)25(31)27-32)15-20(2)30(19)18-22-5-3-4-21(12-22)16-28-8-10-33-11-9-28/h3-7,12-13,19-20,32H,8-11,14-18H2,1-2H3,(H,27,31)/t19-,20+. The maximum absolute atomic E-state index is 11.5. The minimum absolute atomic E-state index is 0.212. The van der Waals surface area contributed by atoms with Crippen molar-refractivity contribution in [3.05, 3.63) is 65.0 Å². The SMILES string of the molecule is C[C@@H]1CN(Cc2ccc(C(=O)NO)nc2)C[C@H](C)N1Cc1cccc(CN2CCOCC2)c1. The fraction of sp³-hybridized carbons (Fsp3) is 0.520. The van der Waals surface area contributed by atoms with Crippen LogP contribution in [-0.2, 0) is 24.4 Å². The highest BCUT2D eigenvalue weighted by atomic mass is 16.5. The lowest BCUT2D eigenvalue weighted by Gasteiger charge is -2.44. The summed E-state index contributed by atoms with van der Waals surface area (Å²) in [7, 11) is 0. The summed E-state index contributed by atoms with van der Waals surface area (Å²) in [5.41, 5.74) is 5.64. The van der Waals surface area contributed by atoms with Gasteiger partial charge in [0.15, 0.2) is 0 Å². The van der Waals surface area contributed by atoms with E-state index in [-0.39, 0.29) is 5.69 Å². The van der Waals surface area contributed by atoms with Crippen LogP contribution in [0, 0.1) is 0 Å². The van der Waals surface area contributed by atoms with Gasteiger partial charge in [0.05, 0.1) is 13.2 Å². The van der Waals surface area contributed by atoms with Crippen molar-refractivity contribution in [2.24, 2.45) is 0 Å². The summed E-state index contributed by atoms with van der Waals surface area (Å²) in [6, 6.07) is 13.4. The first kappa shape index (κ1) is 23.8. The molecule has 0 radical (unpaired) electrons. The number of ether oxygens (including phenoxy) is 1. The average Bonchev–Trinajstić information content (AvgIpc) is 2.82. The number of nitrogens with one attached hydrogen (secondary N) is 1. The molecular formula is C25H35N5O3. The zero-order valence-electron chi connectivity index (χ0n) is 19.6. The van der Waals surface area contributed by atoms with E-state index in [1.165, 1.54) is 11.1 Å². The van der Waals surface area contributed by atoms with Gasteiger partial charge in [0.2, 0.25) is 0 Å². The molecule has 33 heavy (non-hydrogen) atoms. The Morgan fingerprint density at radius 3 is 2.30 bits per heavy atom. The molecule has 1 amide bonds. The summed E-state index contributed by atoms with van der Waals surface area (Å²) in [6.45, 7) is 13.0. The number of carbonyl (C=O) groups excluding carboxylic acids is 1. The molecule has 4 rings (SSSR count). The van der Waals surface area contributed by atoms with Crippen molar-refractivity contribution in [1.29, 1.82) is 0 Å². The van der Waals surface area contributed by atoms with Crippen molar-refractivity contribution >= 4 is 5.91 Å². The maximum atomic E-state index is 11.5. The smallest absolute Gasteiger partial charge is 0.293 e. The van der Waals surface area contributed by atoms with Crippen molar-refractivity contribution in [2.45, 2.75) is 45.6 Å². The van der Waals surface area contributed by atoms with Crippen molar-refractivity contribution in [2.75, 3.05) is 39.4 Å². The fourth-order valence-electron chi connectivity index (χ4n) is 4.93. The van der Waals surface area contributed by atoms with Gasteiger partial charge in [0, 0.05) is 64.1 Å². The van der Waals surface area contributed by atoms with Crippen LogP contribution < -0.4 is 5.48 Å². The van der Waals surface area contributed by atoms with E-state index in [4.69, 9.17) is 9.94 Å². The molecule has 0 unspecified atom stereocenters. The van der Waals surface area contributed by atoms with E-state index in [0.717, 1.165) is 64.6 Å².